The van der Waals surface area contributed by atoms with E-state index in [4.69, 9.17) is 4.74 Å². The summed E-state index contributed by atoms with van der Waals surface area (Å²) in [5, 5.41) is 1.27. The standard InChI is InChI=1S/C16H27NO2S/c1-17-11-8-9-13(17)15(16(18)19-2)14(10-11)20-12-6-4-3-5-7-12/h11-15H,3-10H2,1-2H3/t11-,13?,14+,15?/m1/s1. The fourth-order valence-electron chi connectivity index (χ4n) is 4.45. The Hall–Kier alpha value is -0.220. The number of carbonyl (C=O) groups excluding carboxylic acids is 1. The predicted molar refractivity (Wildman–Crippen MR) is 82.9 cm³/mol. The van der Waals surface area contributed by atoms with Gasteiger partial charge in [0.25, 0.3) is 0 Å². The van der Waals surface area contributed by atoms with Gasteiger partial charge >= 0.3 is 5.97 Å². The Labute approximate surface area is 126 Å². The lowest BCUT2D eigenvalue weighted by molar-refractivity contribution is -0.148. The third-order valence-corrected chi connectivity index (χ3v) is 7.30. The van der Waals surface area contributed by atoms with Crippen molar-refractivity contribution in [3.63, 3.8) is 0 Å². The molecule has 3 rings (SSSR count). The molecule has 1 saturated carbocycles. The van der Waals surface area contributed by atoms with E-state index >= 15 is 0 Å². The number of fused-ring (bicyclic) bond motifs is 2. The second-order valence-electron chi connectivity index (χ2n) is 6.68. The first kappa shape index (κ1) is 14.7. The summed E-state index contributed by atoms with van der Waals surface area (Å²) in [5.41, 5.74) is 0. The molecule has 0 aromatic carbocycles. The van der Waals surface area contributed by atoms with Gasteiger partial charge in [-0.1, -0.05) is 19.3 Å². The summed E-state index contributed by atoms with van der Waals surface area (Å²) >= 11 is 2.12. The third kappa shape index (κ3) is 2.74. The normalized spacial score (nSPS) is 38.9. The van der Waals surface area contributed by atoms with E-state index in [0.717, 1.165) is 5.25 Å². The SMILES string of the molecule is COC(=O)C1C2CC[C@H](C[C@@H]1SC1CCCCC1)N2C. The molecule has 1 aliphatic carbocycles. The van der Waals surface area contributed by atoms with Gasteiger partial charge in [0.2, 0.25) is 0 Å². The summed E-state index contributed by atoms with van der Waals surface area (Å²) in [6.45, 7) is 0. The van der Waals surface area contributed by atoms with Crippen molar-refractivity contribution < 1.29 is 9.53 Å². The Morgan fingerprint density at radius 1 is 1.15 bits per heavy atom. The van der Waals surface area contributed by atoms with Crippen LogP contribution in [0.15, 0.2) is 0 Å². The highest BCUT2D eigenvalue weighted by Gasteiger charge is 2.49. The van der Waals surface area contributed by atoms with Crippen LogP contribution in [-0.2, 0) is 9.53 Å². The second kappa shape index (κ2) is 6.27. The molecule has 0 amide bonds. The zero-order valence-corrected chi connectivity index (χ0v) is 13.5. The van der Waals surface area contributed by atoms with Gasteiger partial charge in [0, 0.05) is 22.6 Å². The van der Waals surface area contributed by atoms with Crippen LogP contribution in [0.3, 0.4) is 0 Å². The van der Waals surface area contributed by atoms with Crippen LogP contribution < -0.4 is 0 Å². The summed E-state index contributed by atoms with van der Waals surface area (Å²) in [7, 11) is 3.74. The molecule has 20 heavy (non-hydrogen) atoms. The van der Waals surface area contributed by atoms with Crippen LogP contribution in [-0.4, -0.2) is 47.6 Å². The number of carbonyl (C=O) groups is 1. The molecule has 2 heterocycles. The van der Waals surface area contributed by atoms with Gasteiger partial charge in [0.15, 0.2) is 0 Å². The van der Waals surface area contributed by atoms with Crippen molar-refractivity contribution in [1.82, 2.24) is 4.90 Å². The Morgan fingerprint density at radius 2 is 1.90 bits per heavy atom. The average molecular weight is 297 g/mol. The third-order valence-electron chi connectivity index (χ3n) is 5.61. The maximum Gasteiger partial charge on any atom is 0.311 e. The van der Waals surface area contributed by atoms with Gasteiger partial charge < -0.3 is 4.74 Å². The molecule has 4 heteroatoms. The van der Waals surface area contributed by atoms with Crippen molar-refractivity contribution in [3.8, 4) is 0 Å². The first-order valence-corrected chi connectivity index (χ1v) is 9.10. The molecular weight excluding hydrogens is 270 g/mol. The molecule has 0 aromatic rings. The molecule has 3 nitrogen and oxygen atoms in total. The fraction of sp³-hybridized carbons (Fsp3) is 0.938. The van der Waals surface area contributed by atoms with Crippen LogP contribution in [0.1, 0.15) is 51.4 Å². The fourth-order valence-corrected chi connectivity index (χ4v) is 6.35. The van der Waals surface area contributed by atoms with E-state index < -0.39 is 0 Å². The van der Waals surface area contributed by atoms with Crippen LogP contribution in [0.25, 0.3) is 0 Å². The lowest BCUT2D eigenvalue weighted by Crippen LogP contribution is -2.51. The minimum Gasteiger partial charge on any atom is -0.469 e. The number of ether oxygens (including phenoxy) is 1. The molecule has 2 saturated heterocycles. The number of methoxy groups -OCH3 is 1. The number of hydrogen-bond donors (Lipinski definition) is 0. The van der Waals surface area contributed by atoms with E-state index in [9.17, 15) is 4.79 Å². The van der Waals surface area contributed by atoms with Crippen molar-refractivity contribution in [2.75, 3.05) is 14.2 Å². The van der Waals surface area contributed by atoms with Gasteiger partial charge in [-0.15, -0.1) is 0 Å². The molecular formula is C16H27NO2S. The molecule has 0 spiro atoms. The van der Waals surface area contributed by atoms with Crippen LogP contribution in [0.2, 0.25) is 0 Å². The molecule has 2 bridgehead atoms. The predicted octanol–water partition coefficient (Wildman–Crippen LogP) is 3.08. The molecule has 0 aromatic heterocycles. The van der Waals surface area contributed by atoms with Crippen LogP contribution in [0.4, 0.5) is 0 Å². The van der Waals surface area contributed by atoms with Crippen LogP contribution >= 0.6 is 11.8 Å². The molecule has 114 valence electrons. The zero-order chi connectivity index (χ0) is 14.1. The van der Waals surface area contributed by atoms with E-state index in [0.29, 0.717) is 17.3 Å². The van der Waals surface area contributed by atoms with Gasteiger partial charge in [0.05, 0.1) is 13.0 Å². The van der Waals surface area contributed by atoms with Gasteiger partial charge in [-0.25, -0.2) is 0 Å². The van der Waals surface area contributed by atoms with E-state index in [1.165, 1.54) is 51.4 Å². The summed E-state index contributed by atoms with van der Waals surface area (Å²) < 4.78 is 5.13. The minimum absolute atomic E-state index is 0.0236. The summed E-state index contributed by atoms with van der Waals surface area (Å²) in [5.74, 6) is 0.117. The van der Waals surface area contributed by atoms with Crippen LogP contribution in [0.5, 0.6) is 0 Å². The Bertz CT molecular complexity index is 356. The number of rotatable bonds is 3. The highest BCUT2D eigenvalue weighted by molar-refractivity contribution is 8.00. The smallest absolute Gasteiger partial charge is 0.311 e. The number of hydrogen-bond acceptors (Lipinski definition) is 4. The average Bonchev–Trinajstić information content (AvgIpc) is 2.72. The quantitative estimate of drug-likeness (QED) is 0.749. The van der Waals surface area contributed by atoms with Crippen molar-refractivity contribution in [2.24, 2.45) is 5.92 Å². The van der Waals surface area contributed by atoms with Crippen molar-refractivity contribution in [1.29, 1.82) is 0 Å². The van der Waals surface area contributed by atoms with Gasteiger partial charge in [-0.3, -0.25) is 9.69 Å². The maximum atomic E-state index is 12.3. The summed E-state index contributed by atoms with van der Waals surface area (Å²) in [6, 6.07) is 1.12. The maximum absolute atomic E-state index is 12.3. The zero-order valence-electron chi connectivity index (χ0n) is 12.7. The second-order valence-corrected chi connectivity index (χ2v) is 8.23. The molecule has 3 fully saturated rings. The van der Waals surface area contributed by atoms with Gasteiger partial charge in [0.1, 0.15) is 0 Å². The molecule has 2 aliphatic heterocycles. The van der Waals surface area contributed by atoms with E-state index in [-0.39, 0.29) is 11.9 Å². The Kier molecular flexibility index (Phi) is 4.61. The number of esters is 1. The lowest BCUT2D eigenvalue weighted by atomic mass is 9.90. The Morgan fingerprint density at radius 3 is 2.60 bits per heavy atom. The topological polar surface area (TPSA) is 29.5 Å². The number of thioether (sulfide) groups is 1. The van der Waals surface area contributed by atoms with Crippen molar-refractivity contribution >= 4 is 17.7 Å². The van der Waals surface area contributed by atoms with Crippen LogP contribution in [0, 0.1) is 5.92 Å². The Balaban J connectivity index is 1.71. The highest BCUT2D eigenvalue weighted by Crippen LogP contribution is 2.46. The molecule has 4 atom stereocenters. The minimum atomic E-state index is 0.0236. The van der Waals surface area contributed by atoms with E-state index in [1.54, 1.807) is 7.11 Å². The molecule has 2 unspecified atom stereocenters. The largest absolute Gasteiger partial charge is 0.469 e. The highest BCUT2D eigenvalue weighted by atomic mass is 32.2. The molecule has 0 radical (unpaired) electrons. The van der Waals surface area contributed by atoms with Crippen molar-refractivity contribution in [2.45, 2.75) is 74.0 Å². The molecule has 3 aliphatic rings. The van der Waals surface area contributed by atoms with Gasteiger partial charge in [-0.2, -0.15) is 11.8 Å². The first-order chi connectivity index (χ1) is 9.70. The number of piperidine rings is 1. The van der Waals surface area contributed by atoms with Crippen molar-refractivity contribution in [3.05, 3.63) is 0 Å². The first-order valence-electron chi connectivity index (χ1n) is 8.16. The monoisotopic (exact) mass is 297 g/mol. The summed E-state index contributed by atoms with van der Waals surface area (Å²) in [4.78, 5) is 14.7. The summed E-state index contributed by atoms with van der Waals surface area (Å²) in [6.07, 6.45) is 10.4. The van der Waals surface area contributed by atoms with E-state index in [2.05, 4.69) is 23.7 Å². The van der Waals surface area contributed by atoms with Gasteiger partial charge in [-0.05, 0) is 39.2 Å². The molecule has 0 N–H and O–H groups in total. The lowest BCUT2D eigenvalue weighted by Gasteiger charge is -2.42. The number of nitrogens with zero attached hydrogens (tertiary/aromatic N) is 1. The van der Waals surface area contributed by atoms with E-state index in [1.807, 2.05) is 0 Å².